The van der Waals surface area contributed by atoms with Crippen molar-refractivity contribution in [2.75, 3.05) is 13.1 Å². The molecule has 3 heterocycles. The second kappa shape index (κ2) is 7.23. The molecule has 2 aromatic rings. The van der Waals surface area contributed by atoms with Crippen LogP contribution in [-0.2, 0) is 33.2 Å². The third kappa shape index (κ3) is 3.87. The molecule has 1 amide bonds. The van der Waals surface area contributed by atoms with Gasteiger partial charge in [-0.05, 0) is 17.7 Å². The first-order chi connectivity index (χ1) is 13.8. The summed E-state index contributed by atoms with van der Waals surface area (Å²) >= 11 is 0. The van der Waals surface area contributed by atoms with Gasteiger partial charge in [0.05, 0.1) is 12.9 Å². The van der Waals surface area contributed by atoms with Crippen LogP contribution < -0.4 is 5.32 Å². The van der Waals surface area contributed by atoms with Crippen LogP contribution in [0.1, 0.15) is 18.4 Å². The summed E-state index contributed by atoms with van der Waals surface area (Å²) in [5.41, 5.74) is 0.122. The Kier molecular flexibility index (Phi) is 4.87. The summed E-state index contributed by atoms with van der Waals surface area (Å²) in [5.74, 6) is -0.737. The van der Waals surface area contributed by atoms with E-state index in [0.717, 1.165) is 5.56 Å². The number of aryl methyl sites for hydroxylation is 1. The Bertz CT molecular complexity index is 1070. The standard InChI is InChI=1S/C18H20FN5O4S/c1-23-10-16(21-12-23)29(26,27)24-7-6-18(11-24)8-15(22-28-18)17(25)20-9-13-2-4-14(19)5-3-13/h2-5,10,12H,6-9,11H2,1H3,(H,20,25)/t18-/m0/s1. The molecule has 1 atom stereocenters. The third-order valence-corrected chi connectivity index (χ3v) is 6.77. The van der Waals surface area contributed by atoms with Gasteiger partial charge in [-0.25, -0.2) is 17.8 Å². The Labute approximate surface area is 167 Å². The zero-order chi connectivity index (χ0) is 20.6. The van der Waals surface area contributed by atoms with Crippen molar-refractivity contribution in [3.63, 3.8) is 0 Å². The quantitative estimate of drug-likeness (QED) is 0.768. The Hall–Kier alpha value is -2.79. The van der Waals surface area contributed by atoms with E-state index in [9.17, 15) is 17.6 Å². The van der Waals surface area contributed by atoms with Crippen LogP contribution in [0.2, 0.25) is 0 Å². The van der Waals surface area contributed by atoms with Crippen LogP contribution in [0.4, 0.5) is 4.39 Å². The lowest BCUT2D eigenvalue weighted by Gasteiger charge is -2.21. The summed E-state index contributed by atoms with van der Waals surface area (Å²) in [6.07, 6.45) is 3.52. The van der Waals surface area contributed by atoms with Crippen molar-refractivity contribution in [2.24, 2.45) is 12.2 Å². The van der Waals surface area contributed by atoms with Gasteiger partial charge in [0.25, 0.3) is 15.9 Å². The molecule has 2 aliphatic heterocycles. The van der Waals surface area contributed by atoms with Crippen LogP contribution in [0.15, 0.2) is 47.0 Å². The first kappa shape index (κ1) is 19.5. The number of hydrogen-bond acceptors (Lipinski definition) is 6. The van der Waals surface area contributed by atoms with E-state index < -0.39 is 21.5 Å². The number of amides is 1. The van der Waals surface area contributed by atoms with Gasteiger partial charge >= 0.3 is 0 Å². The van der Waals surface area contributed by atoms with E-state index in [4.69, 9.17) is 4.84 Å². The number of carbonyl (C=O) groups is 1. The van der Waals surface area contributed by atoms with E-state index in [0.29, 0.717) is 6.42 Å². The van der Waals surface area contributed by atoms with E-state index in [1.54, 1.807) is 23.7 Å². The zero-order valence-electron chi connectivity index (χ0n) is 15.7. The molecule has 4 rings (SSSR count). The molecule has 1 fully saturated rings. The molecular weight excluding hydrogens is 401 g/mol. The van der Waals surface area contributed by atoms with Crippen LogP contribution in [0.25, 0.3) is 0 Å². The van der Waals surface area contributed by atoms with Gasteiger partial charge in [-0.15, -0.1) is 0 Å². The highest BCUT2D eigenvalue weighted by atomic mass is 32.2. The highest BCUT2D eigenvalue weighted by Crippen LogP contribution is 2.36. The van der Waals surface area contributed by atoms with Gasteiger partial charge in [-0.1, -0.05) is 17.3 Å². The van der Waals surface area contributed by atoms with Crippen LogP contribution in [0.3, 0.4) is 0 Å². The van der Waals surface area contributed by atoms with E-state index in [2.05, 4.69) is 15.5 Å². The Morgan fingerprint density at radius 2 is 2.10 bits per heavy atom. The number of nitrogens with zero attached hydrogens (tertiary/aromatic N) is 4. The van der Waals surface area contributed by atoms with Crippen molar-refractivity contribution in [3.05, 3.63) is 48.2 Å². The second-order valence-corrected chi connectivity index (χ2v) is 9.15. The minimum atomic E-state index is -3.73. The van der Waals surface area contributed by atoms with E-state index in [1.807, 2.05) is 0 Å². The summed E-state index contributed by atoms with van der Waals surface area (Å²) in [6, 6.07) is 5.81. The molecule has 154 valence electrons. The smallest absolute Gasteiger partial charge is 0.269 e. The van der Waals surface area contributed by atoms with Crippen molar-refractivity contribution in [1.82, 2.24) is 19.2 Å². The summed E-state index contributed by atoms with van der Waals surface area (Å²) in [6.45, 7) is 0.592. The fourth-order valence-corrected chi connectivity index (χ4v) is 4.90. The number of nitrogens with one attached hydrogen (secondary N) is 1. The molecule has 1 aromatic heterocycles. The van der Waals surface area contributed by atoms with Gasteiger partial charge < -0.3 is 14.7 Å². The predicted molar refractivity (Wildman–Crippen MR) is 101 cm³/mol. The number of aromatic nitrogens is 2. The lowest BCUT2D eigenvalue weighted by Crippen LogP contribution is -2.38. The zero-order valence-corrected chi connectivity index (χ0v) is 16.5. The van der Waals surface area contributed by atoms with Crippen LogP contribution in [-0.4, -0.2) is 52.6 Å². The van der Waals surface area contributed by atoms with E-state index >= 15 is 0 Å². The number of hydrogen-bond donors (Lipinski definition) is 1. The van der Waals surface area contributed by atoms with Gasteiger partial charge in [-0.2, -0.15) is 4.31 Å². The molecule has 0 saturated carbocycles. The number of oxime groups is 1. The van der Waals surface area contributed by atoms with Crippen LogP contribution in [0, 0.1) is 5.82 Å². The number of carbonyl (C=O) groups excluding carboxylic acids is 1. The van der Waals surface area contributed by atoms with Crippen LogP contribution in [0.5, 0.6) is 0 Å². The Morgan fingerprint density at radius 3 is 2.79 bits per heavy atom. The maximum atomic E-state index is 13.0. The number of benzene rings is 1. The van der Waals surface area contributed by atoms with Gasteiger partial charge in [0.15, 0.2) is 10.6 Å². The summed E-state index contributed by atoms with van der Waals surface area (Å²) in [4.78, 5) is 21.8. The molecule has 2 aliphatic rings. The van der Waals surface area contributed by atoms with Gasteiger partial charge in [0.1, 0.15) is 11.5 Å². The third-order valence-electron chi connectivity index (χ3n) is 5.03. The normalized spacial score (nSPS) is 21.9. The largest absolute Gasteiger partial charge is 0.387 e. The lowest BCUT2D eigenvalue weighted by molar-refractivity contribution is -0.115. The van der Waals surface area contributed by atoms with Crippen molar-refractivity contribution in [1.29, 1.82) is 0 Å². The predicted octanol–water partition coefficient (Wildman–Crippen LogP) is 0.785. The van der Waals surface area contributed by atoms with E-state index in [-0.39, 0.29) is 42.6 Å². The van der Waals surface area contributed by atoms with Crippen LogP contribution >= 0.6 is 0 Å². The maximum Gasteiger partial charge on any atom is 0.269 e. The summed E-state index contributed by atoms with van der Waals surface area (Å²) in [7, 11) is -2.03. The monoisotopic (exact) mass is 421 g/mol. The summed E-state index contributed by atoms with van der Waals surface area (Å²) < 4.78 is 41.3. The lowest BCUT2D eigenvalue weighted by atomic mass is 9.96. The first-order valence-corrected chi connectivity index (χ1v) is 10.5. The number of imidazole rings is 1. The minimum absolute atomic E-state index is 0.0202. The molecule has 1 aromatic carbocycles. The van der Waals surface area contributed by atoms with E-state index in [1.165, 1.54) is 29.0 Å². The molecule has 0 aliphatic carbocycles. The van der Waals surface area contributed by atoms with Crippen molar-refractivity contribution in [3.8, 4) is 0 Å². The molecule has 0 bridgehead atoms. The number of rotatable bonds is 5. The number of sulfonamides is 1. The molecule has 0 radical (unpaired) electrons. The SMILES string of the molecule is Cn1cnc(S(=O)(=O)N2CC[C@]3(CC(C(=O)NCc4ccc(F)cc4)=NO3)C2)c1. The molecule has 29 heavy (non-hydrogen) atoms. The second-order valence-electron chi connectivity index (χ2n) is 7.26. The molecule has 1 spiro atoms. The average molecular weight is 421 g/mol. The molecule has 1 saturated heterocycles. The highest BCUT2D eigenvalue weighted by Gasteiger charge is 2.50. The average Bonchev–Trinajstić information content (AvgIpc) is 3.42. The fourth-order valence-electron chi connectivity index (χ4n) is 3.42. The number of halogens is 1. The molecule has 11 heteroatoms. The van der Waals surface area contributed by atoms with Crippen molar-refractivity contribution >= 4 is 21.6 Å². The molecular formula is C18H20FN5O4S. The van der Waals surface area contributed by atoms with Gasteiger partial charge in [0, 0.05) is 39.2 Å². The topological polar surface area (TPSA) is 106 Å². The van der Waals surface area contributed by atoms with Gasteiger partial charge in [0.2, 0.25) is 0 Å². The van der Waals surface area contributed by atoms with Crippen molar-refractivity contribution in [2.45, 2.75) is 30.0 Å². The minimum Gasteiger partial charge on any atom is -0.387 e. The maximum absolute atomic E-state index is 13.0. The summed E-state index contributed by atoms with van der Waals surface area (Å²) in [5, 5.41) is 6.59. The molecule has 9 nitrogen and oxygen atoms in total. The van der Waals surface area contributed by atoms with Gasteiger partial charge in [-0.3, -0.25) is 4.79 Å². The molecule has 1 N–H and O–H groups in total. The Balaban J connectivity index is 1.36. The fraction of sp³-hybridized carbons (Fsp3) is 0.389. The Morgan fingerprint density at radius 1 is 1.34 bits per heavy atom. The molecule has 0 unspecified atom stereocenters. The van der Waals surface area contributed by atoms with Crippen molar-refractivity contribution < 1.29 is 22.4 Å². The highest BCUT2D eigenvalue weighted by molar-refractivity contribution is 7.89. The first-order valence-electron chi connectivity index (χ1n) is 9.03.